The highest BCUT2D eigenvalue weighted by molar-refractivity contribution is 5.90. The summed E-state index contributed by atoms with van der Waals surface area (Å²) in [6, 6.07) is 31.2. The maximum absolute atomic E-state index is 6.12. The maximum Gasteiger partial charge on any atom is 0.287 e. The number of nitrogens with zero attached hydrogens (tertiary/aromatic N) is 2. The summed E-state index contributed by atoms with van der Waals surface area (Å²) in [5.41, 5.74) is 14.5. The fourth-order valence-electron chi connectivity index (χ4n) is 5.32. The number of rotatable bonds is 7. The smallest absolute Gasteiger partial charge is 0.287 e. The molecule has 0 aliphatic heterocycles. The van der Waals surface area contributed by atoms with Crippen molar-refractivity contribution in [2.24, 2.45) is 0 Å². The zero-order valence-electron chi connectivity index (χ0n) is 22.2. The number of benzene rings is 4. The van der Waals surface area contributed by atoms with Crippen LogP contribution in [0.15, 0.2) is 91.0 Å². The molecule has 2 N–H and O–H groups in total. The molecule has 6 nitrogen and oxygen atoms in total. The fourth-order valence-corrected chi connectivity index (χ4v) is 5.32. The van der Waals surface area contributed by atoms with Crippen molar-refractivity contribution < 1.29 is 18.8 Å². The predicted octanol–water partition coefficient (Wildman–Crippen LogP) is 6.36. The number of nitrogens with two attached hydrogens (primary N) is 1. The second-order valence-electron chi connectivity index (χ2n) is 9.38. The molecule has 0 radical (unpaired) electrons. The molecule has 0 unspecified atom stereocenters. The number of ether oxygens (including phenoxy) is 3. The van der Waals surface area contributed by atoms with Gasteiger partial charge in [-0.2, -0.15) is 4.40 Å². The number of aromatic nitrogens is 2. The van der Waals surface area contributed by atoms with Crippen LogP contribution < -0.4 is 24.5 Å². The van der Waals surface area contributed by atoms with E-state index in [1.165, 1.54) is 0 Å². The third-order valence-electron chi connectivity index (χ3n) is 7.19. The van der Waals surface area contributed by atoms with E-state index in [4.69, 9.17) is 19.9 Å². The van der Waals surface area contributed by atoms with Gasteiger partial charge in [-0.1, -0.05) is 48.6 Å². The molecular formula is C33H30N3O3+. The van der Waals surface area contributed by atoms with Crippen LogP contribution in [0.5, 0.6) is 17.2 Å². The summed E-state index contributed by atoms with van der Waals surface area (Å²) < 4.78 is 21.5. The minimum absolute atomic E-state index is 0.592. The molecule has 0 saturated heterocycles. The number of imidazole rings is 1. The van der Waals surface area contributed by atoms with E-state index in [1.54, 1.807) is 21.3 Å². The number of anilines is 1. The van der Waals surface area contributed by atoms with E-state index in [-0.39, 0.29) is 0 Å². The van der Waals surface area contributed by atoms with Crippen molar-refractivity contribution in [3.63, 3.8) is 0 Å². The van der Waals surface area contributed by atoms with Crippen LogP contribution in [-0.4, -0.2) is 25.7 Å². The van der Waals surface area contributed by atoms with Crippen molar-refractivity contribution in [1.29, 1.82) is 0 Å². The molecule has 0 amide bonds. The second-order valence-corrected chi connectivity index (χ2v) is 9.38. The Morgan fingerprint density at radius 1 is 0.744 bits per heavy atom. The highest BCUT2D eigenvalue weighted by Gasteiger charge is 2.24. The minimum Gasteiger partial charge on any atom is -0.493 e. The number of hydrogen-bond acceptors (Lipinski definition) is 4. The first-order chi connectivity index (χ1) is 19.1. The van der Waals surface area contributed by atoms with Crippen molar-refractivity contribution in [1.82, 2.24) is 4.40 Å². The maximum atomic E-state index is 6.12. The molecule has 4 aromatic carbocycles. The summed E-state index contributed by atoms with van der Waals surface area (Å²) >= 11 is 0. The quantitative estimate of drug-likeness (QED) is 0.152. The Labute approximate surface area is 227 Å². The van der Waals surface area contributed by atoms with Crippen molar-refractivity contribution in [3.05, 3.63) is 108 Å². The van der Waals surface area contributed by atoms with Crippen molar-refractivity contribution in [3.8, 4) is 17.2 Å². The molecule has 2 aromatic heterocycles. The number of hydrogen-bond donors (Lipinski definition) is 1. The second kappa shape index (κ2) is 10.1. The summed E-state index contributed by atoms with van der Waals surface area (Å²) in [7, 11) is 4.92. The minimum atomic E-state index is 0.592. The molecule has 194 valence electrons. The van der Waals surface area contributed by atoms with E-state index < -0.39 is 0 Å². The SMILES string of the molecule is COc1ccc(C[n+]2c3ccccc3n3c4ccc(/C=C/c5ccccc5N)cc4ccc32)c(OC)c1OC. The number of methoxy groups -OCH3 is 3. The summed E-state index contributed by atoms with van der Waals surface area (Å²) in [5.74, 6) is 1.90. The van der Waals surface area contributed by atoms with Gasteiger partial charge in [-0.15, -0.1) is 0 Å². The van der Waals surface area contributed by atoms with E-state index in [0.717, 1.165) is 50.0 Å². The average Bonchev–Trinajstić information content (AvgIpc) is 3.29. The van der Waals surface area contributed by atoms with Crippen molar-refractivity contribution in [2.45, 2.75) is 6.54 Å². The molecule has 0 aliphatic rings. The van der Waals surface area contributed by atoms with E-state index >= 15 is 0 Å². The number of nitrogen functional groups attached to an aromatic ring is 1. The van der Waals surface area contributed by atoms with Crippen molar-refractivity contribution >= 4 is 45.4 Å². The molecule has 0 atom stereocenters. The normalized spacial score (nSPS) is 11.6. The van der Waals surface area contributed by atoms with E-state index in [1.807, 2.05) is 36.4 Å². The fraction of sp³-hybridized carbons (Fsp3) is 0.121. The van der Waals surface area contributed by atoms with Gasteiger partial charge in [-0.3, -0.25) is 0 Å². The van der Waals surface area contributed by atoms with Crippen LogP contribution in [0.4, 0.5) is 5.69 Å². The first kappa shape index (κ1) is 24.4. The first-order valence-electron chi connectivity index (χ1n) is 12.8. The molecule has 0 fully saturated rings. The highest BCUT2D eigenvalue weighted by atomic mass is 16.5. The van der Waals surface area contributed by atoms with Gasteiger partial charge in [-0.25, -0.2) is 4.57 Å². The molecule has 2 heterocycles. The molecule has 0 bridgehead atoms. The van der Waals surface area contributed by atoms with Gasteiger partial charge in [0.15, 0.2) is 22.5 Å². The Hall–Kier alpha value is -4.97. The summed E-state index contributed by atoms with van der Waals surface area (Å²) in [6.45, 7) is 0.603. The molecule has 6 rings (SSSR count). The molecule has 6 heteroatoms. The van der Waals surface area contributed by atoms with Gasteiger partial charge >= 0.3 is 0 Å². The Morgan fingerprint density at radius 3 is 2.33 bits per heavy atom. The van der Waals surface area contributed by atoms with Crippen LogP contribution in [-0.2, 0) is 6.54 Å². The van der Waals surface area contributed by atoms with Gasteiger partial charge in [0.2, 0.25) is 5.75 Å². The van der Waals surface area contributed by atoms with Crippen molar-refractivity contribution in [2.75, 3.05) is 27.1 Å². The van der Waals surface area contributed by atoms with Crippen LogP contribution in [0.1, 0.15) is 16.7 Å². The Balaban J connectivity index is 1.49. The third-order valence-corrected chi connectivity index (χ3v) is 7.19. The molecule has 0 spiro atoms. The van der Waals surface area contributed by atoms with E-state index in [2.05, 4.69) is 75.7 Å². The zero-order valence-corrected chi connectivity index (χ0v) is 22.2. The Kier molecular flexibility index (Phi) is 6.29. The number of pyridine rings is 1. The van der Waals surface area contributed by atoms with Gasteiger partial charge in [0, 0.05) is 22.7 Å². The van der Waals surface area contributed by atoms with Gasteiger partial charge in [0.1, 0.15) is 12.1 Å². The lowest BCUT2D eigenvalue weighted by atomic mass is 10.1. The van der Waals surface area contributed by atoms with Crippen LogP contribution >= 0.6 is 0 Å². The van der Waals surface area contributed by atoms with Gasteiger partial charge in [0.25, 0.3) is 5.65 Å². The number of para-hydroxylation sites is 3. The molecule has 0 aliphatic carbocycles. The predicted molar refractivity (Wildman–Crippen MR) is 158 cm³/mol. The van der Waals surface area contributed by atoms with Gasteiger partial charge in [-0.05, 0) is 59.7 Å². The topological polar surface area (TPSA) is 62.0 Å². The summed E-state index contributed by atoms with van der Waals surface area (Å²) in [5, 5.41) is 1.15. The average molecular weight is 517 g/mol. The molecular weight excluding hydrogens is 486 g/mol. The van der Waals surface area contributed by atoms with E-state index in [9.17, 15) is 0 Å². The molecule has 39 heavy (non-hydrogen) atoms. The van der Waals surface area contributed by atoms with Gasteiger partial charge < -0.3 is 19.9 Å². The Bertz CT molecular complexity index is 1870. The highest BCUT2D eigenvalue weighted by Crippen LogP contribution is 2.40. The van der Waals surface area contributed by atoms with Crippen LogP contribution in [0.2, 0.25) is 0 Å². The largest absolute Gasteiger partial charge is 0.493 e. The lowest BCUT2D eigenvalue weighted by molar-refractivity contribution is -0.636. The summed E-state index contributed by atoms with van der Waals surface area (Å²) in [4.78, 5) is 0. The third kappa shape index (κ3) is 4.20. The monoisotopic (exact) mass is 516 g/mol. The first-order valence-corrected chi connectivity index (χ1v) is 12.8. The van der Waals surface area contributed by atoms with Crippen LogP contribution in [0.3, 0.4) is 0 Å². The Morgan fingerprint density at radius 2 is 1.54 bits per heavy atom. The number of fused-ring (bicyclic) bond motifs is 5. The van der Waals surface area contributed by atoms with Gasteiger partial charge in [0.05, 0.1) is 21.3 Å². The standard InChI is InChI=1S/C33H30N3O3/c1-37-30-18-15-25(32(38-2)33(30)39-3)21-35-28-10-6-7-11-29(28)36-27-17-13-22(20-24(27)16-19-31(35)36)12-14-23-8-4-5-9-26(23)34/h4-20H,21,34H2,1-3H3/q+1/b14-12+. The zero-order chi connectivity index (χ0) is 26.9. The van der Waals surface area contributed by atoms with Crippen LogP contribution in [0.25, 0.3) is 39.7 Å². The molecule has 0 saturated carbocycles. The van der Waals surface area contributed by atoms with Crippen LogP contribution in [0, 0.1) is 0 Å². The lowest BCUT2D eigenvalue weighted by Crippen LogP contribution is -2.34. The summed E-state index contributed by atoms with van der Waals surface area (Å²) in [6.07, 6.45) is 4.16. The molecule has 6 aromatic rings. The van der Waals surface area contributed by atoms with E-state index in [0.29, 0.717) is 23.8 Å². The lowest BCUT2D eigenvalue weighted by Gasteiger charge is -2.15.